The summed E-state index contributed by atoms with van der Waals surface area (Å²) in [7, 11) is 0. The minimum absolute atomic E-state index is 0.0180. The van der Waals surface area contributed by atoms with Crippen molar-refractivity contribution in [2.75, 3.05) is 10.6 Å². The van der Waals surface area contributed by atoms with Crippen molar-refractivity contribution >= 4 is 45.8 Å². The van der Waals surface area contributed by atoms with Crippen LogP contribution in [0.15, 0.2) is 89.1 Å². The molecule has 0 aliphatic rings. The number of non-ortho nitro benzene ring substituents is 1. The Morgan fingerprint density at radius 3 is 1.78 bits per heavy atom. The van der Waals surface area contributed by atoms with E-state index in [2.05, 4.69) is 20.9 Å². The zero-order valence-corrected chi connectivity index (χ0v) is 14.9. The second-order valence-electron chi connectivity index (χ2n) is 5.47. The summed E-state index contributed by atoms with van der Waals surface area (Å²) in [6.07, 6.45) is 0. The van der Waals surface area contributed by atoms with Gasteiger partial charge in [0.05, 0.1) is 16.3 Å². The number of hydrogen-bond acceptors (Lipinski definition) is 5. The number of anilines is 2. The highest BCUT2D eigenvalue weighted by Gasteiger charge is 2.03. The minimum atomic E-state index is -0.455. The van der Waals surface area contributed by atoms with Crippen molar-refractivity contribution in [3.05, 3.63) is 89.0 Å². The predicted octanol–water partition coefficient (Wildman–Crippen LogP) is 5.82. The molecular weight excluding hydrogens is 362 g/mol. The number of azo groups is 1. The molecule has 0 fully saturated rings. The summed E-state index contributed by atoms with van der Waals surface area (Å²) in [5.74, 6) is 0. The Morgan fingerprint density at radius 2 is 1.26 bits per heavy atom. The standard InChI is InChI=1S/C19H15N5O2S/c25-24(26)18-12-10-17(11-13-18)23-22-16-8-6-15(7-9-16)21-19(27)20-14-4-2-1-3-5-14/h1-13H,(H2,20,21,27). The SMILES string of the molecule is O=[N+]([O-])c1ccc(N=Nc2ccc(NC(=S)Nc3ccccc3)cc2)cc1. The molecular formula is C19H15N5O2S. The summed E-state index contributed by atoms with van der Waals surface area (Å²) in [5, 5.41) is 25.5. The van der Waals surface area contributed by atoms with E-state index in [0.717, 1.165) is 11.4 Å². The molecule has 3 aromatic carbocycles. The first-order chi connectivity index (χ1) is 13.1. The van der Waals surface area contributed by atoms with Gasteiger partial charge in [-0.1, -0.05) is 18.2 Å². The molecule has 0 unspecified atom stereocenters. The van der Waals surface area contributed by atoms with Crippen LogP contribution < -0.4 is 10.6 Å². The number of nitrogens with one attached hydrogen (secondary N) is 2. The average molecular weight is 377 g/mol. The fourth-order valence-corrected chi connectivity index (χ4v) is 2.42. The molecule has 0 spiro atoms. The van der Waals surface area contributed by atoms with E-state index >= 15 is 0 Å². The van der Waals surface area contributed by atoms with Crippen molar-refractivity contribution in [3.63, 3.8) is 0 Å². The fourth-order valence-electron chi connectivity index (χ4n) is 2.18. The van der Waals surface area contributed by atoms with Crippen LogP contribution in [0.4, 0.5) is 28.4 Å². The van der Waals surface area contributed by atoms with Crippen LogP contribution in [0.5, 0.6) is 0 Å². The van der Waals surface area contributed by atoms with Gasteiger partial charge in [0.25, 0.3) is 5.69 Å². The molecule has 0 heterocycles. The van der Waals surface area contributed by atoms with Crippen molar-refractivity contribution in [1.82, 2.24) is 0 Å². The number of benzene rings is 3. The second kappa shape index (κ2) is 8.63. The molecule has 8 heteroatoms. The second-order valence-corrected chi connectivity index (χ2v) is 5.87. The lowest BCUT2D eigenvalue weighted by Gasteiger charge is -2.10. The lowest BCUT2D eigenvalue weighted by atomic mass is 10.3. The molecule has 0 aliphatic heterocycles. The predicted molar refractivity (Wildman–Crippen MR) is 110 cm³/mol. The smallest absolute Gasteiger partial charge is 0.269 e. The summed E-state index contributed by atoms with van der Waals surface area (Å²) >= 11 is 5.28. The van der Waals surface area contributed by atoms with Gasteiger partial charge in [0.1, 0.15) is 0 Å². The van der Waals surface area contributed by atoms with Gasteiger partial charge in [-0.05, 0) is 60.7 Å². The maximum absolute atomic E-state index is 10.6. The first kappa shape index (κ1) is 18.2. The van der Waals surface area contributed by atoms with E-state index in [4.69, 9.17) is 12.2 Å². The van der Waals surface area contributed by atoms with E-state index in [1.807, 2.05) is 42.5 Å². The highest BCUT2D eigenvalue weighted by Crippen LogP contribution is 2.22. The monoisotopic (exact) mass is 377 g/mol. The molecule has 0 radical (unpaired) electrons. The van der Waals surface area contributed by atoms with Gasteiger partial charge in [0.15, 0.2) is 5.11 Å². The number of rotatable bonds is 5. The normalized spacial score (nSPS) is 10.5. The van der Waals surface area contributed by atoms with E-state index in [9.17, 15) is 10.1 Å². The maximum Gasteiger partial charge on any atom is 0.269 e. The van der Waals surface area contributed by atoms with Crippen LogP contribution in [0, 0.1) is 10.1 Å². The van der Waals surface area contributed by atoms with Gasteiger partial charge >= 0.3 is 0 Å². The van der Waals surface area contributed by atoms with E-state index in [0.29, 0.717) is 16.5 Å². The largest absolute Gasteiger partial charge is 0.332 e. The fraction of sp³-hybridized carbons (Fsp3) is 0. The number of nitro benzene ring substituents is 1. The van der Waals surface area contributed by atoms with E-state index in [1.165, 1.54) is 12.1 Å². The van der Waals surface area contributed by atoms with Crippen LogP contribution in [-0.2, 0) is 0 Å². The average Bonchev–Trinajstić information content (AvgIpc) is 2.68. The van der Waals surface area contributed by atoms with Crippen molar-refractivity contribution in [3.8, 4) is 0 Å². The zero-order chi connectivity index (χ0) is 19.1. The summed E-state index contributed by atoms with van der Waals surface area (Å²) < 4.78 is 0. The molecule has 0 bridgehead atoms. The molecule has 3 aromatic rings. The molecule has 0 aromatic heterocycles. The van der Waals surface area contributed by atoms with E-state index in [1.54, 1.807) is 24.3 Å². The Hall–Kier alpha value is -3.65. The van der Waals surface area contributed by atoms with Crippen LogP contribution in [-0.4, -0.2) is 10.0 Å². The van der Waals surface area contributed by atoms with Crippen LogP contribution in [0.1, 0.15) is 0 Å². The van der Waals surface area contributed by atoms with Crippen molar-refractivity contribution in [1.29, 1.82) is 0 Å². The molecule has 0 aliphatic carbocycles. The topological polar surface area (TPSA) is 91.9 Å². The molecule has 2 N–H and O–H groups in total. The molecule has 27 heavy (non-hydrogen) atoms. The Labute approximate surface area is 160 Å². The van der Waals surface area contributed by atoms with Gasteiger partial charge < -0.3 is 10.6 Å². The Morgan fingerprint density at radius 1 is 0.778 bits per heavy atom. The first-order valence-electron chi connectivity index (χ1n) is 7.99. The van der Waals surface area contributed by atoms with Gasteiger partial charge in [-0.25, -0.2) is 0 Å². The molecule has 0 saturated carbocycles. The quantitative estimate of drug-likeness (QED) is 0.253. The number of nitrogens with zero attached hydrogens (tertiary/aromatic N) is 3. The van der Waals surface area contributed by atoms with Gasteiger partial charge in [0.2, 0.25) is 0 Å². The van der Waals surface area contributed by atoms with Crippen LogP contribution in [0.2, 0.25) is 0 Å². The van der Waals surface area contributed by atoms with Crippen LogP contribution >= 0.6 is 12.2 Å². The summed E-state index contributed by atoms with van der Waals surface area (Å²) in [5.41, 5.74) is 2.93. The Bertz CT molecular complexity index is 958. The molecule has 7 nitrogen and oxygen atoms in total. The minimum Gasteiger partial charge on any atom is -0.332 e. The van der Waals surface area contributed by atoms with Crippen molar-refractivity contribution in [2.45, 2.75) is 0 Å². The molecule has 0 amide bonds. The summed E-state index contributed by atoms with van der Waals surface area (Å²) in [6, 6.07) is 22.8. The summed E-state index contributed by atoms with van der Waals surface area (Å²) in [4.78, 5) is 10.2. The highest BCUT2D eigenvalue weighted by atomic mass is 32.1. The first-order valence-corrected chi connectivity index (χ1v) is 8.40. The number of nitro groups is 1. The van der Waals surface area contributed by atoms with Crippen molar-refractivity contribution in [2.24, 2.45) is 10.2 Å². The van der Waals surface area contributed by atoms with Gasteiger partial charge in [-0.3, -0.25) is 10.1 Å². The number of thiocarbonyl (C=S) groups is 1. The zero-order valence-electron chi connectivity index (χ0n) is 14.1. The Kier molecular flexibility index (Phi) is 5.80. The van der Waals surface area contributed by atoms with E-state index < -0.39 is 4.92 Å². The van der Waals surface area contributed by atoms with E-state index in [-0.39, 0.29) is 5.69 Å². The Balaban J connectivity index is 1.58. The molecule has 0 atom stereocenters. The highest BCUT2D eigenvalue weighted by molar-refractivity contribution is 7.80. The van der Waals surface area contributed by atoms with Gasteiger partial charge in [-0.15, -0.1) is 0 Å². The maximum atomic E-state index is 10.6. The molecule has 134 valence electrons. The lowest BCUT2D eigenvalue weighted by molar-refractivity contribution is -0.384. The van der Waals surface area contributed by atoms with Crippen LogP contribution in [0.3, 0.4) is 0 Å². The number of hydrogen-bond donors (Lipinski definition) is 2. The third-order valence-corrected chi connectivity index (χ3v) is 3.70. The van der Waals surface area contributed by atoms with Gasteiger partial charge in [-0.2, -0.15) is 10.2 Å². The number of para-hydroxylation sites is 1. The van der Waals surface area contributed by atoms with Gasteiger partial charge in [0, 0.05) is 23.5 Å². The lowest BCUT2D eigenvalue weighted by Crippen LogP contribution is -2.18. The molecule has 0 saturated heterocycles. The summed E-state index contributed by atoms with van der Waals surface area (Å²) in [6.45, 7) is 0. The van der Waals surface area contributed by atoms with Crippen molar-refractivity contribution < 1.29 is 4.92 Å². The third-order valence-electron chi connectivity index (χ3n) is 3.50. The molecule has 3 rings (SSSR count). The van der Waals surface area contributed by atoms with Crippen LogP contribution in [0.25, 0.3) is 0 Å². The third kappa shape index (κ3) is 5.41.